The van der Waals surface area contributed by atoms with Gasteiger partial charge in [0, 0.05) is 22.3 Å². The van der Waals surface area contributed by atoms with Gasteiger partial charge in [0.05, 0.1) is 11.6 Å². The van der Waals surface area contributed by atoms with Crippen molar-refractivity contribution in [2.75, 3.05) is 0 Å². The smallest absolute Gasteiger partial charge is 0.249 e. The molecule has 6 heteroatoms. The van der Waals surface area contributed by atoms with Gasteiger partial charge in [-0.05, 0) is 24.3 Å². The van der Waals surface area contributed by atoms with Crippen molar-refractivity contribution in [2.24, 2.45) is 11.5 Å². The predicted octanol–water partition coefficient (Wildman–Crippen LogP) is 1.56. The maximum Gasteiger partial charge on any atom is 0.249 e. The van der Waals surface area contributed by atoms with E-state index in [2.05, 4.69) is 0 Å². The van der Waals surface area contributed by atoms with Gasteiger partial charge in [-0.25, -0.2) is 4.39 Å². The van der Waals surface area contributed by atoms with Crippen LogP contribution in [-0.4, -0.2) is 11.8 Å². The second-order valence-corrected chi connectivity index (χ2v) is 4.23. The molecule has 0 aliphatic heterocycles. The first-order chi connectivity index (χ1) is 9.97. The van der Waals surface area contributed by atoms with Crippen LogP contribution in [0.4, 0.5) is 4.39 Å². The summed E-state index contributed by atoms with van der Waals surface area (Å²) in [5.41, 5.74) is 10.1. The molecule has 5 nitrogen and oxygen atoms in total. The Hall–Kier alpha value is -3.20. The zero-order valence-corrected chi connectivity index (χ0v) is 10.8. The fraction of sp³-hybridized carbons (Fsp3) is 0. The minimum atomic E-state index is -0.847. The number of hydrogen-bond donors (Lipinski definition) is 2. The molecular formula is C15H10FN3O2. The molecule has 0 spiro atoms. The van der Waals surface area contributed by atoms with Gasteiger partial charge in [-0.3, -0.25) is 9.59 Å². The summed E-state index contributed by atoms with van der Waals surface area (Å²) in [6.07, 6.45) is 0. The van der Waals surface area contributed by atoms with Gasteiger partial charge in [-0.1, -0.05) is 12.1 Å². The standard InChI is InChI=1S/C15H10FN3O2/c16-11-6-1-3-8(7-17)12(11)13-9(14(18)20)4-2-5-10(13)15(19)21/h1-6H,(H2,18,20)(H2,19,21). The lowest BCUT2D eigenvalue weighted by atomic mass is 9.90. The third-order valence-electron chi connectivity index (χ3n) is 2.98. The van der Waals surface area contributed by atoms with Gasteiger partial charge in [0.2, 0.25) is 11.8 Å². The number of halogens is 1. The largest absolute Gasteiger partial charge is 0.366 e. The predicted molar refractivity (Wildman–Crippen MR) is 73.6 cm³/mol. The Kier molecular flexibility index (Phi) is 3.67. The first-order valence-corrected chi connectivity index (χ1v) is 5.89. The number of amides is 2. The van der Waals surface area contributed by atoms with Crippen molar-refractivity contribution in [3.63, 3.8) is 0 Å². The number of hydrogen-bond acceptors (Lipinski definition) is 3. The van der Waals surface area contributed by atoms with Crippen LogP contribution in [0.15, 0.2) is 36.4 Å². The number of carbonyl (C=O) groups is 2. The Bertz CT molecular complexity index is 762. The SMILES string of the molecule is N#Cc1cccc(F)c1-c1c(C(N)=O)cccc1C(N)=O. The van der Waals surface area contributed by atoms with Crippen LogP contribution < -0.4 is 11.5 Å². The molecule has 2 aromatic carbocycles. The van der Waals surface area contributed by atoms with Crippen molar-refractivity contribution < 1.29 is 14.0 Å². The average molecular weight is 283 g/mol. The Morgan fingerprint density at radius 1 is 0.952 bits per heavy atom. The van der Waals surface area contributed by atoms with Gasteiger partial charge in [0.15, 0.2) is 0 Å². The maximum atomic E-state index is 14.2. The maximum absolute atomic E-state index is 14.2. The third kappa shape index (κ3) is 2.44. The number of benzene rings is 2. The summed E-state index contributed by atoms with van der Waals surface area (Å²) in [5.74, 6) is -2.44. The highest BCUT2D eigenvalue weighted by atomic mass is 19.1. The van der Waals surface area contributed by atoms with Crippen molar-refractivity contribution in [3.8, 4) is 17.2 Å². The second-order valence-electron chi connectivity index (χ2n) is 4.23. The van der Waals surface area contributed by atoms with Crippen molar-refractivity contribution in [1.82, 2.24) is 0 Å². The summed E-state index contributed by atoms with van der Waals surface area (Å²) in [6, 6.07) is 9.78. The van der Waals surface area contributed by atoms with E-state index < -0.39 is 17.6 Å². The molecule has 0 heterocycles. The van der Waals surface area contributed by atoms with E-state index in [1.807, 2.05) is 6.07 Å². The summed E-state index contributed by atoms with van der Waals surface area (Å²) in [6.45, 7) is 0. The molecule has 2 rings (SSSR count). The van der Waals surface area contributed by atoms with Crippen molar-refractivity contribution in [2.45, 2.75) is 0 Å². The van der Waals surface area contributed by atoms with Gasteiger partial charge in [0.25, 0.3) is 0 Å². The van der Waals surface area contributed by atoms with Gasteiger partial charge in [-0.2, -0.15) is 5.26 Å². The Morgan fingerprint density at radius 3 is 1.95 bits per heavy atom. The Morgan fingerprint density at radius 2 is 1.48 bits per heavy atom. The van der Waals surface area contributed by atoms with Crippen molar-refractivity contribution in [3.05, 3.63) is 58.9 Å². The number of primary amides is 2. The van der Waals surface area contributed by atoms with Crippen LogP contribution in [0.5, 0.6) is 0 Å². The molecule has 0 aromatic heterocycles. The quantitative estimate of drug-likeness (QED) is 0.891. The van der Waals surface area contributed by atoms with Crippen LogP contribution >= 0.6 is 0 Å². The average Bonchev–Trinajstić information content (AvgIpc) is 2.46. The van der Waals surface area contributed by atoms with Gasteiger partial charge in [-0.15, -0.1) is 0 Å². The third-order valence-corrected chi connectivity index (χ3v) is 2.98. The summed E-state index contributed by atoms with van der Waals surface area (Å²) < 4.78 is 14.2. The van der Waals surface area contributed by atoms with Crippen LogP contribution in [0, 0.1) is 17.1 Å². The molecule has 0 unspecified atom stereocenters. The molecule has 0 fully saturated rings. The lowest BCUT2D eigenvalue weighted by Gasteiger charge is -2.13. The van der Waals surface area contributed by atoms with E-state index in [0.29, 0.717) is 0 Å². The molecule has 0 atom stereocenters. The van der Waals surface area contributed by atoms with Crippen LogP contribution in [0.3, 0.4) is 0 Å². The molecule has 2 amide bonds. The van der Waals surface area contributed by atoms with Crippen molar-refractivity contribution >= 4 is 11.8 Å². The summed E-state index contributed by atoms with van der Waals surface area (Å²) >= 11 is 0. The molecule has 0 aliphatic carbocycles. The number of nitrogens with two attached hydrogens (primary N) is 2. The van der Waals surface area contributed by atoms with Gasteiger partial charge < -0.3 is 11.5 Å². The number of nitriles is 1. The fourth-order valence-electron chi connectivity index (χ4n) is 2.10. The topological polar surface area (TPSA) is 110 Å². The minimum absolute atomic E-state index is 0.0220. The molecule has 2 aromatic rings. The molecule has 104 valence electrons. The van der Waals surface area contributed by atoms with Gasteiger partial charge >= 0.3 is 0 Å². The molecular weight excluding hydrogens is 273 g/mol. The van der Waals surface area contributed by atoms with E-state index in [4.69, 9.17) is 16.7 Å². The molecule has 0 radical (unpaired) electrons. The highest BCUT2D eigenvalue weighted by Gasteiger charge is 2.22. The first kappa shape index (κ1) is 14.2. The molecule has 0 bridgehead atoms. The van der Waals surface area contributed by atoms with Crippen LogP contribution in [0.2, 0.25) is 0 Å². The zero-order chi connectivity index (χ0) is 15.6. The molecule has 0 aliphatic rings. The highest BCUT2D eigenvalue weighted by molar-refractivity contribution is 6.08. The highest BCUT2D eigenvalue weighted by Crippen LogP contribution is 2.32. The van der Waals surface area contributed by atoms with E-state index in [0.717, 1.165) is 6.07 Å². The molecule has 4 N–H and O–H groups in total. The minimum Gasteiger partial charge on any atom is -0.366 e. The van der Waals surface area contributed by atoms with Crippen LogP contribution in [-0.2, 0) is 0 Å². The number of nitrogens with zero attached hydrogens (tertiary/aromatic N) is 1. The van der Waals surface area contributed by atoms with Crippen molar-refractivity contribution in [1.29, 1.82) is 5.26 Å². The summed E-state index contributed by atoms with van der Waals surface area (Å²) in [5, 5.41) is 9.11. The fourth-order valence-corrected chi connectivity index (χ4v) is 2.10. The van der Waals surface area contributed by atoms with E-state index in [-0.39, 0.29) is 27.8 Å². The van der Waals surface area contributed by atoms with Crippen LogP contribution in [0.25, 0.3) is 11.1 Å². The lowest BCUT2D eigenvalue weighted by molar-refractivity contribution is 0.0999. The monoisotopic (exact) mass is 283 g/mol. The van der Waals surface area contributed by atoms with E-state index >= 15 is 0 Å². The van der Waals surface area contributed by atoms with E-state index in [1.165, 1.54) is 30.3 Å². The summed E-state index contributed by atoms with van der Waals surface area (Å²) in [7, 11) is 0. The summed E-state index contributed by atoms with van der Waals surface area (Å²) in [4.78, 5) is 23.1. The van der Waals surface area contributed by atoms with Crippen LogP contribution in [0.1, 0.15) is 26.3 Å². The normalized spacial score (nSPS) is 9.90. The molecule has 0 saturated heterocycles. The van der Waals surface area contributed by atoms with E-state index in [1.54, 1.807) is 0 Å². The Labute approximate surface area is 119 Å². The molecule has 0 saturated carbocycles. The Balaban J connectivity index is 2.96. The second kappa shape index (κ2) is 5.43. The number of rotatable bonds is 3. The molecule has 21 heavy (non-hydrogen) atoms. The van der Waals surface area contributed by atoms with E-state index in [9.17, 15) is 14.0 Å². The lowest BCUT2D eigenvalue weighted by Crippen LogP contribution is -2.18. The number of carbonyl (C=O) groups excluding carboxylic acids is 2. The first-order valence-electron chi connectivity index (χ1n) is 5.89. The van der Waals surface area contributed by atoms with Gasteiger partial charge in [0.1, 0.15) is 5.82 Å². The zero-order valence-electron chi connectivity index (χ0n) is 10.8.